The van der Waals surface area contributed by atoms with E-state index in [0.717, 1.165) is 21.5 Å². The van der Waals surface area contributed by atoms with Crippen molar-refractivity contribution in [3.05, 3.63) is 21.8 Å². The number of carbonyl (C=O) groups is 1. The van der Waals surface area contributed by atoms with E-state index in [2.05, 4.69) is 26.1 Å². The number of ketones is 1. The Bertz CT molecular complexity index is 559. The summed E-state index contributed by atoms with van der Waals surface area (Å²) in [5, 5.41) is 3.88. The van der Waals surface area contributed by atoms with Gasteiger partial charge >= 0.3 is 0 Å². The van der Waals surface area contributed by atoms with Gasteiger partial charge in [0.05, 0.1) is 15.1 Å². The summed E-state index contributed by atoms with van der Waals surface area (Å²) in [5.41, 5.74) is 0. The highest BCUT2D eigenvalue weighted by atomic mass is 79.9. The summed E-state index contributed by atoms with van der Waals surface area (Å²) in [6.45, 7) is 0. The second-order valence-electron chi connectivity index (χ2n) is 4.03. The molecule has 0 N–H and O–H groups in total. The van der Waals surface area contributed by atoms with Gasteiger partial charge in [-0.3, -0.25) is 4.79 Å². The van der Waals surface area contributed by atoms with Crippen LogP contribution in [0, 0.1) is 5.92 Å². The molecular weight excluding hydrogens is 304 g/mol. The highest BCUT2D eigenvalue weighted by molar-refractivity contribution is 9.11. The highest BCUT2D eigenvalue weighted by Crippen LogP contribution is 2.32. The van der Waals surface area contributed by atoms with Gasteiger partial charge in [0.2, 0.25) is 11.7 Å². The van der Waals surface area contributed by atoms with Gasteiger partial charge in [0.1, 0.15) is 5.78 Å². The van der Waals surface area contributed by atoms with Crippen molar-refractivity contribution >= 4 is 33.0 Å². The summed E-state index contributed by atoms with van der Waals surface area (Å²) < 4.78 is 6.11. The van der Waals surface area contributed by atoms with Gasteiger partial charge in [-0.2, -0.15) is 4.98 Å². The molecule has 4 nitrogen and oxygen atoms in total. The van der Waals surface area contributed by atoms with Crippen LogP contribution in [0.1, 0.15) is 18.7 Å². The number of hydrogen-bond acceptors (Lipinski definition) is 5. The zero-order valence-corrected chi connectivity index (χ0v) is 11.3. The third-order valence-electron chi connectivity index (χ3n) is 2.62. The van der Waals surface area contributed by atoms with Crippen LogP contribution in [0.25, 0.3) is 10.7 Å². The molecule has 0 aliphatic heterocycles. The monoisotopic (exact) mass is 312 g/mol. The molecule has 1 aliphatic carbocycles. The molecular formula is C11H9BrN2O2S. The Morgan fingerprint density at radius 3 is 3.00 bits per heavy atom. The summed E-state index contributed by atoms with van der Waals surface area (Å²) in [5.74, 6) is 1.43. The number of thiophene rings is 1. The molecule has 88 valence electrons. The fourth-order valence-corrected chi connectivity index (χ4v) is 2.87. The zero-order chi connectivity index (χ0) is 11.8. The standard InChI is InChI=1S/C11H9BrN2O2S/c12-9-4-3-8(17-9)11-13-10(16-14-11)5-7(15)6-1-2-6/h3-4,6H,1-2,5H2. The molecule has 2 aromatic heterocycles. The minimum atomic E-state index is 0.215. The summed E-state index contributed by atoms with van der Waals surface area (Å²) in [6, 6.07) is 3.86. The molecule has 0 bridgehead atoms. The van der Waals surface area contributed by atoms with Crippen LogP contribution in [0.5, 0.6) is 0 Å². The van der Waals surface area contributed by atoms with E-state index < -0.39 is 0 Å². The predicted molar refractivity (Wildman–Crippen MR) is 66.7 cm³/mol. The molecule has 0 unspecified atom stereocenters. The molecule has 6 heteroatoms. The number of nitrogens with zero attached hydrogens (tertiary/aromatic N) is 2. The average Bonchev–Trinajstić information content (AvgIpc) is 2.92. The Morgan fingerprint density at radius 1 is 1.53 bits per heavy atom. The minimum Gasteiger partial charge on any atom is -0.338 e. The van der Waals surface area contributed by atoms with Crippen LogP contribution in [0.4, 0.5) is 0 Å². The lowest BCUT2D eigenvalue weighted by molar-refractivity contribution is -0.119. The quantitative estimate of drug-likeness (QED) is 0.870. The molecule has 1 saturated carbocycles. The van der Waals surface area contributed by atoms with E-state index in [1.54, 1.807) is 0 Å². The Hall–Kier alpha value is -1.01. The van der Waals surface area contributed by atoms with Crippen molar-refractivity contribution in [3.63, 3.8) is 0 Å². The first-order valence-corrected chi connectivity index (χ1v) is 6.94. The van der Waals surface area contributed by atoms with E-state index in [1.165, 1.54) is 11.3 Å². The van der Waals surface area contributed by atoms with E-state index in [1.807, 2.05) is 12.1 Å². The first kappa shape index (κ1) is 11.1. The topological polar surface area (TPSA) is 56.0 Å². The van der Waals surface area contributed by atoms with Crippen molar-refractivity contribution in [2.24, 2.45) is 5.92 Å². The van der Waals surface area contributed by atoms with Crippen molar-refractivity contribution in [2.75, 3.05) is 0 Å². The maximum Gasteiger partial charge on any atom is 0.234 e. The van der Waals surface area contributed by atoms with E-state index in [-0.39, 0.29) is 18.1 Å². The van der Waals surface area contributed by atoms with Crippen LogP contribution < -0.4 is 0 Å². The Balaban J connectivity index is 1.75. The van der Waals surface area contributed by atoms with Gasteiger partial charge < -0.3 is 4.52 Å². The van der Waals surface area contributed by atoms with Gasteiger partial charge in [0.15, 0.2) is 0 Å². The summed E-state index contributed by atoms with van der Waals surface area (Å²) in [7, 11) is 0. The molecule has 2 heterocycles. The van der Waals surface area contributed by atoms with Crippen molar-refractivity contribution in [1.29, 1.82) is 0 Å². The van der Waals surface area contributed by atoms with E-state index in [0.29, 0.717) is 11.7 Å². The summed E-state index contributed by atoms with van der Waals surface area (Å²) >= 11 is 4.92. The second-order valence-corrected chi connectivity index (χ2v) is 6.50. The van der Waals surface area contributed by atoms with Crippen LogP contribution in [-0.2, 0) is 11.2 Å². The highest BCUT2D eigenvalue weighted by Gasteiger charge is 2.30. The second kappa shape index (κ2) is 4.34. The lowest BCUT2D eigenvalue weighted by Crippen LogP contribution is -2.04. The van der Waals surface area contributed by atoms with Gasteiger partial charge in [0.25, 0.3) is 0 Å². The number of Topliss-reactive ketones (excluding diaryl/α,β-unsaturated/α-hetero) is 1. The Labute approximate surface area is 110 Å². The van der Waals surface area contributed by atoms with E-state index >= 15 is 0 Å². The van der Waals surface area contributed by atoms with E-state index in [4.69, 9.17) is 4.52 Å². The molecule has 0 spiro atoms. The maximum absolute atomic E-state index is 11.6. The molecule has 0 radical (unpaired) electrons. The lowest BCUT2D eigenvalue weighted by atomic mass is 10.2. The zero-order valence-electron chi connectivity index (χ0n) is 8.85. The molecule has 1 aliphatic rings. The number of carbonyl (C=O) groups excluding carboxylic acids is 1. The molecule has 0 atom stereocenters. The normalized spacial score (nSPS) is 15.1. The molecule has 17 heavy (non-hydrogen) atoms. The third-order valence-corrected chi connectivity index (χ3v) is 4.24. The van der Waals surface area contributed by atoms with Crippen LogP contribution in [0.2, 0.25) is 0 Å². The predicted octanol–water partition coefficient (Wildman–Crippen LogP) is 3.08. The van der Waals surface area contributed by atoms with E-state index in [9.17, 15) is 4.79 Å². The maximum atomic E-state index is 11.6. The number of halogens is 1. The van der Waals surface area contributed by atoms with Gasteiger partial charge in [-0.1, -0.05) is 5.16 Å². The fraction of sp³-hybridized carbons (Fsp3) is 0.364. The first-order chi connectivity index (χ1) is 8.22. The smallest absolute Gasteiger partial charge is 0.234 e. The number of hydrogen-bond donors (Lipinski definition) is 0. The molecule has 0 aromatic carbocycles. The van der Waals surface area contributed by atoms with Gasteiger partial charge in [-0.25, -0.2) is 0 Å². The van der Waals surface area contributed by atoms with Crippen molar-refractivity contribution in [3.8, 4) is 10.7 Å². The number of rotatable bonds is 4. The van der Waals surface area contributed by atoms with Gasteiger partial charge in [-0.05, 0) is 40.9 Å². The SMILES string of the molecule is O=C(Cc1nc(-c2ccc(Br)s2)no1)C1CC1. The molecule has 0 saturated heterocycles. The van der Waals surface area contributed by atoms with Crippen LogP contribution in [0.15, 0.2) is 20.4 Å². The van der Waals surface area contributed by atoms with Crippen molar-refractivity contribution in [2.45, 2.75) is 19.3 Å². The van der Waals surface area contributed by atoms with Crippen LogP contribution >= 0.6 is 27.3 Å². The van der Waals surface area contributed by atoms with Crippen LogP contribution in [0.3, 0.4) is 0 Å². The summed E-state index contributed by atoms with van der Waals surface area (Å²) in [6.07, 6.45) is 2.29. The lowest BCUT2D eigenvalue weighted by Gasteiger charge is -1.90. The first-order valence-electron chi connectivity index (χ1n) is 5.33. The third kappa shape index (κ3) is 2.47. The molecule has 1 fully saturated rings. The summed E-state index contributed by atoms with van der Waals surface area (Å²) in [4.78, 5) is 16.8. The Morgan fingerprint density at radius 2 is 2.35 bits per heavy atom. The van der Waals surface area contributed by atoms with Gasteiger partial charge in [0, 0.05) is 5.92 Å². The van der Waals surface area contributed by atoms with Crippen molar-refractivity contribution in [1.82, 2.24) is 10.1 Å². The molecule has 3 rings (SSSR count). The fourth-order valence-electron chi connectivity index (χ4n) is 1.56. The number of aromatic nitrogens is 2. The Kier molecular flexibility index (Phi) is 2.84. The minimum absolute atomic E-state index is 0.215. The van der Waals surface area contributed by atoms with Crippen LogP contribution in [-0.4, -0.2) is 15.9 Å². The largest absolute Gasteiger partial charge is 0.338 e. The van der Waals surface area contributed by atoms with Gasteiger partial charge in [-0.15, -0.1) is 11.3 Å². The van der Waals surface area contributed by atoms with Crippen molar-refractivity contribution < 1.29 is 9.32 Å². The molecule has 2 aromatic rings. The molecule has 0 amide bonds. The average molecular weight is 313 g/mol.